The van der Waals surface area contributed by atoms with Gasteiger partial charge in [-0.1, -0.05) is 107 Å². The van der Waals surface area contributed by atoms with Gasteiger partial charge in [-0.25, -0.2) is 14.4 Å². The summed E-state index contributed by atoms with van der Waals surface area (Å²) in [5.74, 6) is -1.82. The number of benzene rings is 2. The Bertz CT molecular complexity index is 1980. The number of carboxylic acids is 1. The van der Waals surface area contributed by atoms with Crippen molar-refractivity contribution in [2.45, 2.75) is 129 Å². The summed E-state index contributed by atoms with van der Waals surface area (Å²) in [5, 5.41) is 15.0. The number of carbonyl (C=O) groups is 5. The minimum atomic E-state index is -1.02. The second-order valence-electron chi connectivity index (χ2n) is 18.2. The molecule has 0 aromatic heterocycles. The molecule has 14 nitrogen and oxygen atoms in total. The summed E-state index contributed by atoms with van der Waals surface area (Å²) in [6, 6.07) is 13.9. The number of alkyl carbamates (subject to hydrolysis) is 2. The van der Waals surface area contributed by atoms with Gasteiger partial charge in [0.1, 0.15) is 30.3 Å². The molecule has 1 aliphatic carbocycles. The lowest BCUT2D eigenvalue weighted by Crippen LogP contribution is -2.55. The van der Waals surface area contributed by atoms with Crippen LogP contribution >= 0.6 is 0 Å². The topological polar surface area (TPSA) is 189 Å². The number of ether oxygens (including phenoxy) is 2. The molecule has 322 valence electrons. The van der Waals surface area contributed by atoms with Crippen LogP contribution in [0.5, 0.6) is 0 Å². The first-order chi connectivity index (χ1) is 28.3. The highest BCUT2D eigenvalue weighted by Crippen LogP contribution is 2.44. The van der Waals surface area contributed by atoms with E-state index in [0.717, 1.165) is 35.1 Å². The molecule has 14 heteroatoms. The lowest BCUT2D eigenvalue weighted by atomic mass is 9.84. The van der Waals surface area contributed by atoms with E-state index < -0.39 is 41.9 Å². The van der Waals surface area contributed by atoms with Crippen LogP contribution in [-0.4, -0.2) is 99.5 Å². The molecule has 4 amide bonds. The van der Waals surface area contributed by atoms with Gasteiger partial charge in [-0.2, -0.15) is 9.59 Å². The van der Waals surface area contributed by atoms with Gasteiger partial charge in [-0.05, 0) is 74.1 Å². The van der Waals surface area contributed by atoms with E-state index in [4.69, 9.17) is 19.1 Å². The zero-order valence-corrected chi connectivity index (χ0v) is 35.7. The van der Waals surface area contributed by atoms with Crippen molar-refractivity contribution in [3.8, 4) is 11.1 Å². The van der Waals surface area contributed by atoms with Crippen molar-refractivity contribution < 1.29 is 48.1 Å². The third-order valence-electron chi connectivity index (χ3n) is 11.8. The summed E-state index contributed by atoms with van der Waals surface area (Å²) in [5.41, 5.74) is 3.93. The molecule has 0 bridgehead atoms. The van der Waals surface area contributed by atoms with Crippen LogP contribution in [0.4, 0.5) is 9.59 Å². The van der Waals surface area contributed by atoms with Gasteiger partial charge in [-0.15, -0.1) is 0 Å². The molecule has 4 aliphatic heterocycles. The van der Waals surface area contributed by atoms with Crippen molar-refractivity contribution in [3.63, 3.8) is 0 Å². The molecule has 8 atom stereocenters. The van der Waals surface area contributed by atoms with Gasteiger partial charge in [-0.3, -0.25) is 9.59 Å². The minimum absolute atomic E-state index is 0.000726. The summed E-state index contributed by atoms with van der Waals surface area (Å²) in [6.45, 7) is 15.9. The number of rotatable bonds is 5. The quantitative estimate of drug-likeness (QED) is 0.283. The van der Waals surface area contributed by atoms with Crippen LogP contribution < -0.4 is 10.6 Å². The second kappa shape index (κ2) is 18.7. The highest BCUT2D eigenvalue weighted by atomic mass is 16.6. The predicted molar refractivity (Wildman–Crippen MR) is 221 cm³/mol. The maximum absolute atomic E-state index is 13.2. The van der Waals surface area contributed by atoms with Crippen LogP contribution in [0.15, 0.2) is 72.8 Å². The number of carbonyl (C=O) groups excluding carboxylic acids is 6. The van der Waals surface area contributed by atoms with Gasteiger partial charge >= 0.3 is 24.3 Å². The molecular formula is C46H58N4O10. The molecule has 0 saturated carbocycles. The van der Waals surface area contributed by atoms with Crippen LogP contribution in [0.2, 0.25) is 0 Å². The zero-order valence-electron chi connectivity index (χ0n) is 35.7. The van der Waals surface area contributed by atoms with E-state index in [9.17, 15) is 29.1 Å². The van der Waals surface area contributed by atoms with E-state index in [1.54, 1.807) is 0 Å². The number of nitrogens with zero attached hydrogens (tertiary/aromatic N) is 2. The number of fused-ring (bicyclic) bond motifs is 5. The summed E-state index contributed by atoms with van der Waals surface area (Å²) in [7, 11) is 0. The molecule has 5 aliphatic rings. The van der Waals surface area contributed by atoms with E-state index >= 15 is 0 Å². The van der Waals surface area contributed by atoms with Crippen molar-refractivity contribution >= 4 is 36.1 Å². The zero-order chi connectivity index (χ0) is 44.1. The molecule has 2 saturated heterocycles. The second-order valence-corrected chi connectivity index (χ2v) is 18.2. The highest BCUT2D eigenvalue weighted by molar-refractivity contribution is 5.91. The summed E-state index contributed by atoms with van der Waals surface area (Å²) >= 11 is 0. The molecule has 3 N–H and O–H groups in total. The average molecular weight is 827 g/mol. The number of amides is 4. The SMILES string of the molecule is C[C@@H]1C=CC2CC[C@@H](C(=O)O)N2C(=O)[C@H]1NC(=O)OCC1c2ccccc2-c2ccccc21.C[C@@H]1C=C[C@H]2CC[C@@H](C(C)(C)C)N2C(=O)[C@H]1NC(=O)OC(C)(C)C.O=C=O. The summed E-state index contributed by atoms with van der Waals surface area (Å²) < 4.78 is 10.9. The van der Waals surface area contributed by atoms with Crippen LogP contribution in [0.25, 0.3) is 11.1 Å². The number of nitrogens with one attached hydrogen (secondary N) is 2. The fourth-order valence-electron chi connectivity index (χ4n) is 8.97. The van der Waals surface area contributed by atoms with E-state index in [-0.39, 0.29) is 65.9 Å². The first-order valence-corrected chi connectivity index (χ1v) is 20.6. The number of carboxylic acid groups (broad SMARTS) is 1. The standard InChI is InChI=1S/C26H26N2O5.C19H32N2O3.CO2/c1-15-10-11-16-12-13-22(25(30)31)28(16)24(29)23(15)27-26(32)33-14-21-19-8-4-2-6-17(19)18-7-3-5-9-20(18)21;1-12-8-9-13-10-11-14(18(2,3)4)21(13)16(22)15(12)20-17(23)24-19(5,6)7;2-1-3/h2-11,15-16,21-23H,12-14H2,1H3,(H,27,32)(H,30,31);8-9,12-15H,10-11H2,1-7H3,(H,20,23);/t15-,16?,22+,23+;12-,13+,14+,15+;/m11./s1. The number of aliphatic carboxylic acids is 1. The highest BCUT2D eigenvalue weighted by Gasteiger charge is 2.47. The molecule has 0 radical (unpaired) electrons. The monoisotopic (exact) mass is 826 g/mol. The van der Waals surface area contributed by atoms with Crippen molar-refractivity contribution in [1.29, 1.82) is 0 Å². The first kappa shape index (κ1) is 45.3. The lowest BCUT2D eigenvalue weighted by molar-refractivity contribution is -0.191. The minimum Gasteiger partial charge on any atom is -0.480 e. The van der Waals surface area contributed by atoms with Crippen molar-refractivity contribution in [2.24, 2.45) is 17.3 Å². The van der Waals surface area contributed by atoms with Gasteiger partial charge in [0.05, 0.1) is 12.1 Å². The van der Waals surface area contributed by atoms with Gasteiger partial charge in [0.15, 0.2) is 0 Å². The molecule has 2 aromatic rings. The fourth-order valence-corrected chi connectivity index (χ4v) is 8.97. The maximum Gasteiger partial charge on any atom is 0.408 e. The Morgan fingerprint density at radius 3 is 1.68 bits per heavy atom. The maximum atomic E-state index is 13.2. The molecule has 7 rings (SSSR count). The van der Waals surface area contributed by atoms with E-state index in [2.05, 4.69) is 55.7 Å². The largest absolute Gasteiger partial charge is 0.480 e. The molecule has 60 heavy (non-hydrogen) atoms. The van der Waals surface area contributed by atoms with Crippen molar-refractivity contribution in [1.82, 2.24) is 20.4 Å². The van der Waals surface area contributed by atoms with E-state index in [1.165, 1.54) is 4.90 Å². The predicted octanol–water partition coefficient (Wildman–Crippen LogP) is 6.45. The Morgan fingerprint density at radius 1 is 0.717 bits per heavy atom. The Kier molecular flexibility index (Phi) is 14.1. The number of hydrogen-bond acceptors (Lipinski definition) is 9. The lowest BCUT2D eigenvalue weighted by Gasteiger charge is -2.38. The Hall–Kier alpha value is -5.75. The van der Waals surface area contributed by atoms with Crippen molar-refractivity contribution in [2.75, 3.05) is 6.61 Å². The fraction of sp³-hybridized carbons (Fsp3) is 0.522. The third kappa shape index (κ3) is 10.2. The molecule has 2 aromatic carbocycles. The molecule has 1 unspecified atom stereocenters. The van der Waals surface area contributed by atoms with Crippen LogP contribution in [0.3, 0.4) is 0 Å². The average Bonchev–Trinajstić information content (AvgIpc) is 3.86. The van der Waals surface area contributed by atoms with Crippen molar-refractivity contribution in [3.05, 3.63) is 84.0 Å². The third-order valence-corrected chi connectivity index (χ3v) is 11.8. The smallest absolute Gasteiger partial charge is 0.408 e. The summed E-state index contributed by atoms with van der Waals surface area (Å²) in [4.78, 5) is 82.7. The van der Waals surface area contributed by atoms with Crippen LogP contribution in [0, 0.1) is 17.3 Å². The Morgan fingerprint density at radius 2 is 1.18 bits per heavy atom. The van der Waals surface area contributed by atoms with Gasteiger partial charge in [0.2, 0.25) is 11.8 Å². The summed E-state index contributed by atoms with van der Waals surface area (Å²) in [6.07, 6.45) is 9.96. The van der Waals surface area contributed by atoms with E-state index in [0.29, 0.717) is 12.8 Å². The normalized spacial score (nSPS) is 26.6. The van der Waals surface area contributed by atoms with Crippen LogP contribution in [-0.2, 0) is 33.4 Å². The van der Waals surface area contributed by atoms with Gasteiger partial charge in [0, 0.05) is 23.8 Å². The van der Waals surface area contributed by atoms with Gasteiger partial charge in [0.25, 0.3) is 0 Å². The first-order valence-electron chi connectivity index (χ1n) is 20.6. The molecule has 4 heterocycles. The Labute approximate surface area is 351 Å². The number of hydrogen-bond donors (Lipinski definition) is 3. The molecular weight excluding hydrogens is 769 g/mol. The Balaban J connectivity index is 0.000000224. The van der Waals surface area contributed by atoms with Crippen LogP contribution in [0.1, 0.15) is 98.1 Å². The molecule has 0 spiro atoms. The van der Waals surface area contributed by atoms with E-state index in [1.807, 2.05) is 88.1 Å². The molecule has 2 fully saturated rings. The van der Waals surface area contributed by atoms with Gasteiger partial charge < -0.3 is 35.0 Å².